The van der Waals surface area contributed by atoms with E-state index in [2.05, 4.69) is 87.3 Å². The summed E-state index contributed by atoms with van der Waals surface area (Å²) in [6.07, 6.45) is 9.16. The van der Waals surface area contributed by atoms with Crippen molar-refractivity contribution < 1.29 is 38.1 Å². The van der Waals surface area contributed by atoms with E-state index in [-0.39, 0.29) is 54.3 Å². The zero-order valence-electron chi connectivity index (χ0n) is 45.7. The first-order valence-corrected chi connectivity index (χ1v) is 29.5. The van der Waals surface area contributed by atoms with Gasteiger partial charge < -0.3 is 38.6 Å². The van der Waals surface area contributed by atoms with Crippen LogP contribution in [0.1, 0.15) is 101 Å². The number of benzene rings is 1. The Morgan fingerprint density at radius 2 is 1.83 bits per heavy atom. The van der Waals surface area contributed by atoms with E-state index in [0.29, 0.717) is 58.1 Å². The smallest absolute Gasteiger partial charge is 0.324 e. The number of nitrogens with zero attached hydrogens (tertiary/aromatic N) is 8. The Hall–Kier alpha value is -5.02. The van der Waals surface area contributed by atoms with Gasteiger partial charge in [0.05, 0.1) is 78.6 Å². The van der Waals surface area contributed by atoms with Crippen molar-refractivity contribution in [1.82, 2.24) is 45.0 Å². The molecular weight excluding hydrogens is 997 g/mol. The minimum atomic E-state index is -0.941. The van der Waals surface area contributed by atoms with E-state index in [1.54, 1.807) is 7.11 Å². The largest absolute Gasteiger partial charge is 0.464 e. The van der Waals surface area contributed by atoms with Gasteiger partial charge in [-0.15, -0.1) is 11.3 Å². The maximum absolute atomic E-state index is 15.1. The number of esters is 1. The molecule has 19 heteroatoms. The SMILES string of the molecule is CCn1c(-c2cc(N3CCN4CCOC[C@@H]4C3)cnc2[C@H](C)OC)c2c3cc(ccc31)-c1csc(n1)C[C@H](NC(=O)C(C1CCCC1)N1CC[C@]3(CCN(C(=O)[C@H]4CO4)C3)C1)C(=O)N1CCC[C@H](N1)C(=O)OCC(C)(C)C2. The molecule has 1 aromatic carbocycles. The Balaban J connectivity index is 0.893. The molecule has 1 spiro atoms. The van der Waals surface area contributed by atoms with E-state index in [9.17, 15) is 9.59 Å². The number of thiazole rings is 1. The van der Waals surface area contributed by atoms with E-state index in [4.69, 9.17) is 28.9 Å². The summed E-state index contributed by atoms with van der Waals surface area (Å²) >= 11 is 1.50. The topological polar surface area (TPSA) is 179 Å². The van der Waals surface area contributed by atoms with Crippen LogP contribution in [0, 0.1) is 16.7 Å². The number of piperazine rings is 1. The number of carbonyl (C=O) groups is 4. The van der Waals surface area contributed by atoms with Gasteiger partial charge in [0.15, 0.2) is 6.10 Å². The number of hydrogen-bond acceptors (Lipinski definition) is 15. The third kappa shape index (κ3) is 10.5. The summed E-state index contributed by atoms with van der Waals surface area (Å²) < 4.78 is 26.0. The zero-order chi connectivity index (χ0) is 53.2. The van der Waals surface area contributed by atoms with Gasteiger partial charge in [-0.25, -0.2) is 10.4 Å². The number of morpholine rings is 1. The Morgan fingerprint density at radius 3 is 2.64 bits per heavy atom. The lowest BCUT2D eigenvalue weighted by Gasteiger charge is -2.44. The number of fused-ring (bicyclic) bond motifs is 7. The van der Waals surface area contributed by atoms with Crippen LogP contribution in [0.15, 0.2) is 35.8 Å². The molecule has 414 valence electrons. The van der Waals surface area contributed by atoms with E-state index < -0.39 is 29.5 Å². The number of aryl methyl sites for hydroxylation is 1. The highest BCUT2D eigenvalue weighted by molar-refractivity contribution is 7.10. The summed E-state index contributed by atoms with van der Waals surface area (Å²) in [5, 5.41) is 8.75. The Labute approximate surface area is 456 Å². The standard InChI is InChI=1S/C58H78N10O8S/c1-6-67-47-14-13-38-24-41(47)43(52(67)42-25-39(28-59-50(42)36(2)73-5)64-21-20-63-22-23-74-30-40(63)29-64)27-57(3,4)35-76-56(72)44-12-9-17-68(62-44)54(70)45(26-49-60-46(38)32-77-49)61-53(69)51(37-10-7-8-11-37)65-18-15-58(33-65)16-19-66(34-58)55(71)48-31-75-48/h13-14,24-25,28,32,36-37,40,44-45,48,51,62H,6-12,15-23,26-27,29-31,33-35H2,1-5H3,(H,61,69)/t36-,40-,44-,45-,48+,51?,58-/m0/s1. The number of pyridine rings is 1. The first-order valence-electron chi connectivity index (χ1n) is 28.7. The predicted octanol–water partition coefficient (Wildman–Crippen LogP) is 5.61. The van der Waals surface area contributed by atoms with Crippen molar-refractivity contribution in [3.8, 4) is 22.5 Å². The molecule has 1 unspecified atom stereocenters. The highest BCUT2D eigenvalue weighted by Gasteiger charge is 2.51. The summed E-state index contributed by atoms with van der Waals surface area (Å²) in [4.78, 5) is 77.2. The maximum atomic E-state index is 15.1. The summed E-state index contributed by atoms with van der Waals surface area (Å²) in [5.41, 5.74) is 10.7. The third-order valence-corrected chi connectivity index (χ3v) is 19.2. The van der Waals surface area contributed by atoms with Crippen molar-refractivity contribution in [2.45, 2.75) is 135 Å². The molecule has 12 rings (SSSR count). The van der Waals surface area contributed by atoms with Gasteiger partial charge in [0, 0.05) is 111 Å². The lowest BCUT2D eigenvalue weighted by molar-refractivity contribution is -0.155. The highest BCUT2D eigenvalue weighted by atomic mass is 32.1. The van der Waals surface area contributed by atoms with Crippen LogP contribution in [0.4, 0.5) is 5.69 Å². The number of hydrogen-bond donors (Lipinski definition) is 2. The molecule has 7 atom stereocenters. The second-order valence-electron chi connectivity index (χ2n) is 24.2. The Kier molecular flexibility index (Phi) is 14.7. The van der Waals surface area contributed by atoms with Crippen molar-refractivity contribution in [1.29, 1.82) is 0 Å². The van der Waals surface area contributed by atoms with Gasteiger partial charge >= 0.3 is 5.97 Å². The van der Waals surface area contributed by atoms with Crippen LogP contribution in [0.3, 0.4) is 0 Å². The molecule has 2 N–H and O–H groups in total. The van der Waals surface area contributed by atoms with Crippen LogP contribution < -0.4 is 15.6 Å². The van der Waals surface area contributed by atoms with Crippen LogP contribution in [0.25, 0.3) is 33.4 Å². The van der Waals surface area contributed by atoms with E-state index >= 15 is 9.59 Å². The first-order chi connectivity index (χ1) is 37.3. The number of hydrazine groups is 1. The van der Waals surface area contributed by atoms with Crippen LogP contribution in [-0.4, -0.2) is 181 Å². The average Bonchev–Trinajstić information content (AvgIpc) is 4.08. The Morgan fingerprint density at radius 1 is 1.00 bits per heavy atom. The van der Waals surface area contributed by atoms with Gasteiger partial charge in [0.2, 0.25) is 5.91 Å². The first kappa shape index (κ1) is 52.7. The number of likely N-dealkylation sites (tertiary alicyclic amines) is 2. The summed E-state index contributed by atoms with van der Waals surface area (Å²) in [6, 6.07) is 7.14. The number of anilines is 1. The lowest BCUT2D eigenvalue weighted by atomic mass is 9.84. The molecule has 8 aliphatic rings. The maximum Gasteiger partial charge on any atom is 0.324 e. The average molecular weight is 1080 g/mol. The number of carbonyl (C=O) groups excluding carboxylic acids is 4. The lowest BCUT2D eigenvalue weighted by Crippen LogP contribution is -2.62. The fraction of sp³-hybridized carbons (Fsp3) is 0.655. The van der Waals surface area contributed by atoms with Gasteiger partial charge in [0.25, 0.3) is 11.8 Å². The highest BCUT2D eigenvalue weighted by Crippen LogP contribution is 2.45. The number of nitrogens with one attached hydrogen (secondary N) is 2. The molecule has 3 aromatic heterocycles. The van der Waals surface area contributed by atoms with E-state index in [1.165, 1.54) is 16.3 Å². The van der Waals surface area contributed by atoms with Gasteiger partial charge in [0.1, 0.15) is 12.1 Å². The molecular formula is C58H78N10O8S. The number of amides is 3. The summed E-state index contributed by atoms with van der Waals surface area (Å²) in [7, 11) is 1.73. The molecule has 7 fully saturated rings. The van der Waals surface area contributed by atoms with Gasteiger partial charge in [-0.05, 0) is 95.0 Å². The minimum absolute atomic E-state index is 0.0649. The molecule has 6 bridgehead atoms. The quantitative estimate of drug-likeness (QED) is 0.148. The van der Waals surface area contributed by atoms with Crippen LogP contribution in [0.2, 0.25) is 0 Å². The molecule has 3 amide bonds. The van der Waals surface area contributed by atoms with Crippen molar-refractivity contribution in [3.63, 3.8) is 0 Å². The number of ether oxygens (including phenoxy) is 4. The molecule has 10 heterocycles. The molecule has 1 saturated carbocycles. The molecule has 6 saturated heterocycles. The number of aromatic nitrogens is 3. The number of cyclic esters (lactones) is 1. The fourth-order valence-corrected chi connectivity index (χ4v) is 14.9. The normalized spacial score (nSPS) is 28.2. The van der Waals surface area contributed by atoms with Crippen molar-refractivity contribution in [2.75, 3.05) is 97.3 Å². The van der Waals surface area contributed by atoms with Gasteiger partial charge in [-0.2, -0.15) is 0 Å². The summed E-state index contributed by atoms with van der Waals surface area (Å²) in [5.74, 6) is -0.596. The van der Waals surface area contributed by atoms with Crippen molar-refractivity contribution >= 4 is 51.6 Å². The van der Waals surface area contributed by atoms with Crippen LogP contribution in [0.5, 0.6) is 0 Å². The number of epoxide rings is 1. The predicted molar refractivity (Wildman–Crippen MR) is 293 cm³/mol. The van der Waals surface area contributed by atoms with E-state index in [0.717, 1.165) is 146 Å². The number of methoxy groups -OCH3 is 1. The Bertz CT molecular complexity index is 2880. The molecule has 18 nitrogen and oxygen atoms in total. The molecule has 0 radical (unpaired) electrons. The van der Waals surface area contributed by atoms with Crippen LogP contribution in [-0.2, 0) is 57.5 Å². The minimum Gasteiger partial charge on any atom is -0.464 e. The molecule has 7 aliphatic heterocycles. The number of rotatable bonds is 10. The van der Waals surface area contributed by atoms with Crippen molar-refractivity contribution in [3.05, 3.63) is 52.1 Å². The van der Waals surface area contributed by atoms with Gasteiger partial charge in [-0.3, -0.25) is 39.0 Å². The summed E-state index contributed by atoms with van der Waals surface area (Å²) in [6.45, 7) is 18.4. The van der Waals surface area contributed by atoms with Crippen LogP contribution >= 0.6 is 11.3 Å². The van der Waals surface area contributed by atoms with Crippen molar-refractivity contribution in [2.24, 2.45) is 16.7 Å². The zero-order valence-corrected chi connectivity index (χ0v) is 46.5. The molecule has 77 heavy (non-hydrogen) atoms. The second-order valence-corrected chi connectivity index (χ2v) is 25.2. The monoisotopic (exact) mass is 1070 g/mol. The van der Waals surface area contributed by atoms with Gasteiger partial charge in [-0.1, -0.05) is 32.8 Å². The molecule has 1 aliphatic carbocycles. The second kappa shape index (κ2) is 21.6. The third-order valence-electron chi connectivity index (χ3n) is 18.4. The molecule has 4 aromatic rings. The van der Waals surface area contributed by atoms with E-state index in [1.807, 2.05) is 11.1 Å². The fourth-order valence-electron chi connectivity index (χ4n) is 14.0.